The van der Waals surface area contributed by atoms with Crippen LogP contribution in [0.25, 0.3) is 111 Å². The van der Waals surface area contributed by atoms with E-state index in [0.29, 0.717) is 91.0 Å². The van der Waals surface area contributed by atoms with Gasteiger partial charge in [-0.25, -0.2) is 24.0 Å². The molecule has 10 aromatic heterocycles. The van der Waals surface area contributed by atoms with E-state index in [1.807, 2.05) is 126 Å². The van der Waals surface area contributed by atoms with Gasteiger partial charge in [0.15, 0.2) is 27.8 Å². The van der Waals surface area contributed by atoms with Crippen molar-refractivity contribution >= 4 is 84.4 Å². The molecule has 3 saturated carbocycles. The van der Waals surface area contributed by atoms with Gasteiger partial charge in [-0.15, -0.1) is 0 Å². The molecule has 0 radical (unpaired) electrons. The Labute approximate surface area is 796 Å². The molecule has 15 aromatic rings. The Morgan fingerprint density at radius 2 is 0.619 bits per heavy atom. The number of pyridine rings is 5. The van der Waals surface area contributed by atoms with E-state index < -0.39 is 114 Å². The number of carboxylic acid groups (broad SMARTS) is 5. The predicted octanol–water partition coefficient (Wildman–Crippen LogP) is 14.4. The number of carboxylic acids is 5. The van der Waals surface area contributed by atoms with Crippen molar-refractivity contribution in [2.24, 2.45) is 41.2 Å². The van der Waals surface area contributed by atoms with Crippen LogP contribution in [0.3, 0.4) is 0 Å². The fourth-order valence-electron chi connectivity index (χ4n) is 17.7. The maximum atomic E-state index is 12.1. The van der Waals surface area contributed by atoms with E-state index in [4.69, 9.17) is 25.5 Å². The first-order valence-corrected chi connectivity index (χ1v) is 46.0. The number of aromatic carboxylic acids is 5. The lowest BCUT2D eigenvalue weighted by Crippen LogP contribution is -2.34. The SMILES string of the molecule is CCN(CC)Cc1cc2cc(-c3[nH]c(=O)c(C(=O)O)c(O)c3C)ccc2n1C.Cc1c(-c2ccc3c(c2)cc(CNC2(C)CC2)n3C)[nH]c(=O)c(C(=O)O)c1O.Cc1c(-c2ccc3c(c2)cc(CNC2CC2)n3C)[nH]c(=O)c(C(=O)O)c1O.Cc1c(-c2ccc3c(c2)cc(CNC2CCC2)n3C)[nH]c(=O)c(C(=O)O)c1O.Cc1c(-c2ccc3c(c2)cc(CNCC(C)C)n3C)[nH]c(=O)c(C(=O)O)c1O. The lowest BCUT2D eigenvalue weighted by atomic mass is 9.93. The summed E-state index contributed by atoms with van der Waals surface area (Å²) in [5, 5.41) is 116. The summed E-state index contributed by atoms with van der Waals surface area (Å²) in [4.78, 5) is 132. The van der Waals surface area contributed by atoms with Crippen molar-refractivity contribution in [3.63, 3.8) is 0 Å². The molecule has 0 aliphatic heterocycles. The van der Waals surface area contributed by atoms with E-state index in [9.17, 15) is 73.5 Å². The van der Waals surface area contributed by atoms with Gasteiger partial charge in [-0.2, -0.15) is 0 Å². The molecule has 3 aliphatic rings. The second-order valence-corrected chi connectivity index (χ2v) is 36.8. The zero-order chi connectivity index (χ0) is 101. The van der Waals surface area contributed by atoms with Gasteiger partial charge in [0, 0.05) is 196 Å². The van der Waals surface area contributed by atoms with Gasteiger partial charge in [0.2, 0.25) is 0 Å². The first-order chi connectivity index (χ1) is 65.9. The van der Waals surface area contributed by atoms with Crippen LogP contribution in [0.5, 0.6) is 28.7 Å². The third kappa shape index (κ3) is 20.7. The van der Waals surface area contributed by atoms with Crippen LogP contribution in [-0.2, 0) is 68.0 Å². The molecule has 18 rings (SSSR count). The first-order valence-electron chi connectivity index (χ1n) is 46.0. The Balaban J connectivity index is 0.000000139. The number of nitrogens with zero attached hydrogens (tertiary/aromatic N) is 6. The molecular weight excluding hydrogens is 1780 g/mol. The minimum absolute atomic E-state index is 0.252. The molecule has 3 aliphatic carbocycles. The van der Waals surface area contributed by atoms with Crippen LogP contribution in [0, 0.1) is 40.5 Å². The van der Waals surface area contributed by atoms with Crippen molar-refractivity contribution in [3.05, 3.63) is 257 Å². The Bertz CT molecular complexity index is 7740. The van der Waals surface area contributed by atoms with Gasteiger partial charge >= 0.3 is 29.8 Å². The molecule has 0 saturated heterocycles. The third-order valence-corrected chi connectivity index (χ3v) is 27.0. The van der Waals surface area contributed by atoms with Gasteiger partial charge in [-0.1, -0.05) is 64.4 Å². The van der Waals surface area contributed by atoms with E-state index in [1.54, 1.807) is 34.6 Å². The number of rotatable bonds is 27. The van der Waals surface area contributed by atoms with Crippen molar-refractivity contribution in [2.45, 2.75) is 165 Å². The highest BCUT2D eigenvalue weighted by Crippen LogP contribution is 2.40. The summed E-state index contributed by atoms with van der Waals surface area (Å²) in [5.41, 5.74) is 11.5. The van der Waals surface area contributed by atoms with Crippen LogP contribution >= 0.6 is 0 Å². The highest BCUT2D eigenvalue weighted by Gasteiger charge is 2.37. The van der Waals surface area contributed by atoms with Crippen molar-refractivity contribution in [1.82, 2.24) is 73.9 Å². The molecule has 0 spiro atoms. The molecule has 0 bridgehead atoms. The zero-order valence-corrected chi connectivity index (χ0v) is 80.1. The minimum Gasteiger partial charge on any atom is -0.506 e. The number of H-pyrrole nitrogens is 5. The van der Waals surface area contributed by atoms with E-state index >= 15 is 0 Å². The Morgan fingerprint density at radius 3 is 0.849 bits per heavy atom. The number of aryl methyl sites for hydroxylation is 5. The fourth-order valence-corrected chi connectivity index (χ4v) is 17.7. The summed E-state index contributed by atoms with van der Waals surface area (Å²) in [5.74, 6) is -9.17. The summed E-state index contributed by atoms with van der Waals surface area (Å²) in [6.07, 6.45) is 8.62. The minimum atomic E-state index is -1.45. The standard InChI is InChI=1S/2C21H23N3O4.2C21H25N3O4.C20H21N3O4/c1-11-17(23-19(26)16(18(11)25)20(27)28)12-4-5-15-13(8-12)9-14(24(15)3)10-22-21(2)6-7-21;1-11-18(23-20(26)17(19(11)25)21(27)28)12-6-7-16-13(8-12)9-15(24(16)2)10-22-14-4-3-5-14;1-11(2)9-22-10-15-8-14-7-13(5-6-16(14)24(15)4)18-12(3)19(25)17(21(27)28)20(26)23-18;1-5-24(6-2)11-15-10-14-9-13(7-8-16(14)23(15)4)18-12(3)19(25)17(21(27)28)20(26)22-18;1-10-17(22-19(25)16(18(10)24)20(26)27)11-3-6-15-12(7-11)8-14(23(15)2)9-21-13-4-5-13/h4-5,8-9,22H,6-7,10H2,1-3H3,(H,27,28)(H2,23,25,26);6-9,14,22H,3-5,10H2,1-2H3,(H,27,28)(H2,23,25,26);5-8,11,22H,9-10H2,1-4H3,(H,27,28)(H2,23,25,26);7-10H,5-6,11H2,1-4H3,(H,27,28)(H2,22,25,26);3,6-8,13,21H,4-5,9H2,1-2H3,(H,26,27)(H2,22,24,25). The lowest BCUT2D eigenvalue weighted by Gasteiger charge is -2.26. The molecular formula is C104H117N15O20. The number of aromatic nitrogens is 10. The normalized spacial score (nSPS) is 13.3. The van der Waals surface area contributed by atoms with Gasteiger partial charge in [0.1, 0.15) is 28.7 Å². The highest BCUT2D eigenvalue weighted by atomic mass is 16.4. The highest BCUT2D eigenvalue weighted by molar-refractivity contribution is 5.98. The van der Waals surface area contributed by atoms with Crippen LogP contribution in [0.2, 0.25) is 0 Å². The third-order valence-electron chi connectivity index (χ3n) is 27.0. The maximum absolute atomic E-state index is 12.1. The number of benzene rings is 5. The van der Waals surface area contributed by atoms with E-state index in [-0.39, 0.29) is 5.54 Å². The molecule has 0 amide bonds. The summed E-state index contributed by atoms with van der Waals surface area (Å²) in [7, 11) is 10.1. The van der Waals surface area contributed by atoms with Crippen LogP contribution in [0.1, 0.15) is 188 Å². The van der Waals surface area contributed by atoms with Crippen LogP contribution in [0.4, 0.5) is 0 Å². The maximum Gasteiger partial charge on any atom is 0.345 e. The van der Waals surface area contributed by atoms with Gasteiger partial charge in [-0.05, 0) is 224 Å². The molecule has 5 aromatic carbocycles. The quantitative estimate of drug-likeness (QED) is 0.0227. The monoisotopic (exact) mass is 1900 g/mol. The van der Waals surface area contributed by atoms with Crippen molar-refractivity contribution < 1.29 is 75.0 Å². The van der Waals surface area contributed by atoms with Crippen molar-refractivity contribution in [1.29, 1.82) is 0 Å². The molecule has 3 fully saturated rings. The number of hydrogen-bond acceptors (Lipinski definition) is 20. The number of nitrogens with one attached hydrogen (secondary N) is 9. The Kier molecular flexibility index (Phi) is 29.1. The van der Waals surface area contributed by atoms with E-state index in [1.165, 1.54) is 62.0 Å². The average molecular weight is 1900 g/mol. The molecule has 728 valence electrons. The van der Waals surface area contributed by atoms with Gasteiger partial charge in [0.05, 0.1) is 28.5 Å². The number of hydrogen-bond donors (Lipinski definition) is 19. The Hall–Kier alpha value is -15.3. The second kappa shape index (κ2) is 40.5. The summed E-state index contributed by atoms with van der Waals surface area (Å²) in [6, 6.07) is 40.6. The van der Waals surface area contributed by atoms with Crippen LogP contribution in [-0.4, -0.2) is 171 Å². The van der Waals surface area contributed by atoms with Gasteiger partial charge in [-0.3, -0.25) is 28.9 Å². The topological polar surface area (TPSA) is 528 Å². The van der Waals surface area contributed by atoms with Crippen molar-refractivity contribution in [2.75, 3.05) is 19.6 Å². The lowest BCUT2D eigenvalue weighted by molar-refractivity contribution is 0.0680. The molecule has 139 heavy (non-hydrogen) atoms. The summed E-state index contributed by atoms with van der Waals surface area (Å²) >= 11 is 0. The largest absolute Gasteiger partial charge is 0.506 e. The first kappa shape index (κ1) is 99.7. The van der Waals surface area contributed by atoms with Gasteiger partial charge in [0.25, 0.3) is 27.8 Å². The molecule has 35 heteroatoms. The molecule has 10 heterocycles. The average Bonchev–Trinajstić information content (AvgIpc) is 1.79. The fraction of sp³-hybridized carbons (Fsp3) is 0.327. The molecule has 19 N–H and O–H groups in total. The van der Waals surface area contributed by atoms with E-state index in [0.717, 1.165) is 129 Å². The van der Waals surface area contributed by atoms with Gasteiger partial charge < -0.3 is 120 Å². The number of fused-ring (bicyclic) bond motifs is 5. The number of aromatic amines is 5. The molecule has 0 atom stereocenters. The number of carbonyl (C=O) groups is 5. The van der Waals surface area contributed by atoms with Crippen molar-refractivity contribution in [3.8, 4) is 85.0 Å². The molecule has 0 unspecified atom stereocenters. The second-order valence-electron chi connectivity index (χ2n) is 36.8. The van der Waals surface area contributed by atoms with Crippen LogP contribution < -0.4 is 49.1 Å². The zero-order valence-electron chi connectivity index (χ0n) is 80.1. The molecule has 35 nitrogen and oxygen atoms in total. The predicted molar refractivity (Wildman–Crippen MR) is 534 cm³/mol. The summed E-state index contributed by atoms with van der Waals surface area (Å²) in [6.45, 7) is 25.6. The van der Waals surface area contributed by atoms with E-state index in [2.05, 4.69) is 139 Å². The number of aromatic hydroxyl groups is 5. The summed E-state index contributed by atoms with van der Waals surface area (Å²) < 4.78 is 10.7. The van der Waals surface area contributed by atoms with Crippen LogP contribution in [0.15, 0.2) is 145 Å². The Morgan fingerprint density at radius 1 is 0.374 bits per heavy atom. The smallest absolute Gasteiger partial charge is 0.345 e.